The second-order valence-corrected chi connectivity index (χ2v) is 6.52. The summed E-state index contributed by atoms with van der Waals surface area (Å²) < 4.78 is 5.40. The lowest BCUT2D eigenvalue weighted by molar-refractivity contribution is -0.119. The van der Waals surface area contributed by atoms with Gasteiger partial charge in [-0.1, -0.05) is 23.7 Å². The third-order valence-corrected chi connectivity index (χ3v) is 4.52. The summed E-state index contributed by atoms with van der Waals surface area (Å²) in [5, 5.41) is 3.68. The van der Waals surface area contributed by atoms with Crippen molar-refractivity contribution in [3.63, 3.8) is 0 Å². The Kier molecular flexibility index (Phi) is 6.81. The Labute approximate surface area is 146 Å². The summed E-state index contributed by atoms with van der Waals surface area (Å²) in [6.45, 7) is 4.56. The highest BCUT2D eigenvalue weighted by Gasteiger charge is 2.10. The second kappa shape index (κ2) is 8.85. The van der Waals surface area contributed by atoms with Gasteiger partial charge in [0.05, 0.1) is 18.4 Å². The lowest BCUT2D eigenvalue weighted by atomic mass is 10.1. The smallest absolute Gasteiger partial charge is 0.230 e. The van der Waals surface area contributed by atoms with E-state index in [1.54, 1.807) is 0 Å². The fraction of sp³-hybridized carbons (Fsp3) is 0.278. The first-order chi connectivity index (χ1) is 11.1. The molecule has 0 aromatic heterocycles. The van der Waals surface area contributed by atoms with Gasteiger partial charge in [0.2, 0.25) is 5.91 Å². The van der Waals surface area contributed by atoms with Crippen LogP contribution >= 0.6 is 23.4 Å². The van der Waals surface area contributed by atoms with E-state index in [-0.39, 0.29) is 11.9 Å². The minimum Gasteiger partial charge on any atom is -0.494 e. The van der Waals surface area contributed by atoms with Crippen LogP contribution in [-0.2, 0) is 4.79 Å². The first-order valence-electron chi connectivity index (χ1n) is 7.49. The van der Waals surface area contributed by atoms with Crippen molar-refractivity contribution in [3.05, 3.63) is 59.1 Å². The Hall–Kier alpha value is -1.65. The van der Waals surface area contributed by atoms with Crippen molar-refractivity contribution in [3.8, 4) is 5.75 Å². The van der Waals surface area contributed by atoms with Crippen molar-refractivity contribution in [1.29, 1.82) is 0 Å². The molecule has 0 spiro atoms. The maximum atomic E-state index is 12.1. The Bertz CT molecular complexity index is 628. The maximum absolute atomic E-state index is 12.1. The molecule has 0 saturated carbocycles. The molecule has 122 valence electrons. The lowest BCUT2D eigenvalue weighted by Gasteiger charge is -2.14. The van der Waals surface area contributed by atoms with Gasteiger partial charge in [0.25, 0.3) is 0 Å². The number of amides is 1. The summed E-state index contributed by atoms with van der Waals surface area (Å²) in [7, 11) is 0. The van der Waals surface area contributed by atoms with Crippen LogP contribution in [0.4, 0.5) is 0 Å². The second-order valence-electron chi connectivity index (χ2n) is 5.03. The number of nitrogens with one attached hydrogen (secondary N) is 1. The summed E-state index contributed by atoms with van der Waals surface area (Å²) in [6.07, 6.45) is 0. The maximum Gasteiger partial charge on any atom is 0.230 e. The van der Waals surface area contributed by atoms with Gasteiger partial charge in [-0.2, -0.15) is 0 Å². The molecule has 1 atom stereocenters. The molecule has 0 fully saturated rings. The predicted molar refractivity (Wildman–Crippen MR) is 96.3 cm³/mol. The van der Waals surface area contributed by atoms with Gasteiger partial charge in [-0.3, -0.25) is 4.79 Å². The molecule has 0 aliphatic rings. The fourth-order valence-corrected chi connectivity index (χ4v) is 2.90. The quantitative estimate of drug-likeness (QED) is 0.736. The summed E-state index contributed by atoms with van der Waals surface area (Å²) in [6, 6.07) is 15.2. The molecule has 1 amide bonds. The number of carbonyl (C=O) groups is 1. The van der Waals surface area contributed by atoms with Crippen LogP contribution in [0.2, 0.25) is 5.02 Å². The van der Waals surface area contributed by atoms with Gasteiger partial charge in [0, 0.05) is 9.92 Å². The molecule has 5 heteroatoms. The molecule has 0 aliphatic carbocycles. The molecule has 0 aliphatic heterocycles. The monoisotopic (exact) mass is 349 g/mol. The minimum absolute atomic E-state index is 0.00587. The molecule has 2 rings (SSSR count). The van der Waals surface area contributed by atoms with Gasteiger partial charge in [-0.15, -0.1) is 11.8 Å². The van der Waals surface area contributed by atoms with Gasteiger partial charge < -0.3 is 10.1 Å². The molecule has 2 aromatic carbocycles. The third-order valence-electron chi connectivity index (χ3n) is 3.25. The highest BCUT2D eigenvalue weighted by molar-refractivity contribution is 8.00. The normalized spacial score (nSPS) is 11.8. The van der Waals surface area contributed by atoms with Crippen LogP contribution in [-0.4, -0.2) is 18.3 Å². The van der Waals surface area contributed by atoms with E-state index in [0.29, 0.717) is 17.4 Å². The Morgan fingerprint density at radius 3 is 2.43 bits per heavy atom. The zero-order chi connectivity index (χ0) is 16.7. The molecule has 0 heterocycles. The molecule has 0 saturated heterocycles. The van der Waals surface area contributed by atoms with E-state index in [4.69, 9.17) is 16.3 Å². The van der Waals surface area contributed by atoms with Crippen LogP contribution in [0.5, 0.6) is 5.75 Å². The van der Waals surface area contributed by atoms with E-state index in [1.807, 2.05) is 62.4 Å². The zero-order valence-corrected chi connectivity index (χ0v) is 14.8. The fourth-order valence-electron chi connectivity index (χ4n) is 2.07. The molecule has 23 heavy (non-hydrogen) atoms. The molecular weight excluding hydrogens is 330 g/mol. The number of hydrogen-bond acceptors (Lipinski definition) is 3. The van der Waals surface area contributed by atoms with Crippen LogP contribution in [0, 0.1) is 0 Å². The van der Waals surface area contributed by atoms with Crippen LogP contribution in [0.25, 0.3) is 0 Å². The SMILES string of the molecule is CCOc1ccc(SCC(=O)N[C@@H](C)c2ccc(Cl)cc2)cc1. The molecule has 3 nitrogen and oxygen atoms in total. The van der Waals surface area contributed by atoms with Crippen molar-refractivity contribution < 1.29 is 9.53 Å². The Balaban J connectivity index is 1.81. The molecule has 1 N–H and O–H groups in total. The number of carbonyl (C=O) groups excluding carboxylic acids is 1. The number of halogens is 1. The van der Waals surface area contributed by atoms with Gasteiger partial charge in [0.15, 0.2) is 0 Å². The zero-order valence-electron chi connectivity index (χ0n) is 13.2. The number of ether oxygens (including phenoxy) is 1. The van der Waals surface area contributed by atoms with Gasteiger partial charge in [0.1, 0.15) is 5.75 Å². The standard InChI is InChI=1S/C18H20ClNO2S/c1-3-22-16-8-10-17(11-9-16)23-12-18(21)20-13(2)14-4-6-15(19)7-5-14/h4-11,13H,3,12H2,1-2H3,(H,20,21)/t13-/m0/s1. The van der Waals surface area contributed by atoms with Crippen LogP contribution < -0.4 is 10.1 Å². The van der Waals surface area contributed by atoms with Gasteiger partial charge in [-0.05, 0) is 55.8 Å². The molecule has 0 unspecified atom stereocenters. The van der Waals surface area contributed by atoms with E-state index in [1.165, 1.54) is 11.8 Å². The van der Waals surface area contributed by atoms with E-state index in [2.05, 4.69) is 5.32 Å². The molecule has 0 radical (unpaired) electrons. The van der Waals surface area contributed by atoms with Crippen molar-refractivity contribution >= 4 is 29.3 Å². The van der Waals surface area contributed by atoms with E-state index >= 15 is 0 Å². The first kappa shape index (κ1) is 17.7. The largest absolute Gasteiger partial charge is 0.494 e. The number of hydrogen-bond donors (Lipinski definition) is 1. The summed E-state index contributed by atoms with van der Waals surface area (Å²) in [5.74, 6) is 1.23. The molecule has 2 aromatic rings. The van der Waals surface area contributed by atoms with E-state index in [0.717, 1.165) is 16.2 Å². The van der Waals surface area contributed by atoms with E-state index < -0.39 is 0 Å². The highest BCUT2D eigenvalue weighted by atomic mass is 35.5. The van der Waals surface area contributed by atoms with Crippen LogP contribution in [0.1, 0.15) is 25.5 Å². The van der Waals surface area contributed by atoms with Crippen molar-refractivity contribution in [1.82, 2.24) is 5.32 Å². The number of benzene rings is 2. The minimum atomic E-state index is -0.0410. The summed E-state index contributed by atoms with van der Waals surface area (Å²) >= 11 is 7.38. The molecular formula is C18H20ClNO2S. The lowest BCUT2D eigenvalue weighted by Crippen LogP contribution is -2.28. The van der Waals surface area contributed by atoms with Crippen molar-refractivity contribution in [2.75, 3.05) is 12.4 Å². The number of thioether (sulfide) groups is 1. The average molecular weight is 350 g/mol. The van der Waals surface area contributed by atoms with E-state index in [9.17, 15) is 4.79 Å². The van der Waals surface area contributed by atoms with Crippen LogP contribution in [0.15, 0.2) is 53.4 Å². The van der Waals surface area contributed by atoms with Crippen molar-refractivity contribution in [2.24, 2.45) is 0 Å². The van der Waals surface area contributed by atoms with Crippen molar-refractivity contribution in [2.45, 2.75) is 24.8 Å². The average Bonchev–Trinajstić information content (AvgIpc) is 2.55. The number of rotatable bonds is 7. The summed E-state index contributed by atoms with van der Waals surface area (Å²) in [5.41, 5.74) is 1.04. The first-order valence-corrected chi connectivity index (χ1v) is 8.85. The van der Waals surface area contributed by atoms with Gasteiger partial charge >= 0.3 is 0 Å². The Morgan fingerprint density at radius 1 is 1.17 bits per heavy atom. The third kappa shape index (κ3) is 5.81. The Morgan fingerprint density at radius 2 is 1.83 bits per heavy atom. The van der Waals surface area contributed by atoms with Gasteiger partial charge in [-0.25, -0.2) is 0 Å². The predicted octanol–water partition coefficient (Wildman–Crippen LogP) is 4.71. The highest BCUT2D eigenvalue weighted by Crippen LogP contribution is 2.22. The molecule has 0 bridgehead atoms. The van der Waals surface area contributed by atoms with Crippen LogP contribution in [0.3, 0.4) is 0 Å². The summed E-state index contributed by atoms with van der Waals surface area (Å²) in [4.78, 5) is 13.1. The topological polar surface area (TPSA) is 38.3 Å².